The number of sulfonamides is 1. The summed E-state index contributed by atoms with van der Waals surface area (Å²) in [5.74, 6) is 0. The van der Waals surface area contributed by atoms with Gasteiger partial charge >= 0.3 is 0 Å². The third-order valence-electron chi connectivity index (χ3n) is 4.47. The van der Waals surface area contributed by atoms with Crippen molar-refractivity contribution in [3.63, 3.8) is 0 Å². The van der Waals surface area contributed by atoms with Crippen LogP contribution in [0.5, 0.6) is 0 Å². The summed E-state index contributed by atoms with van der Waals surface area (Å²) in [6, 6.07) is 11.1. The lowest BCUT2D eigenvalue weighted by molar-refractivity contribution is 0.162. The zero-order valence-corrected chi connectivity index (χ0v) is 18.4. The van der Waals surface area contributed by atoms with Gasteiger partial charge in [0.1, 0.15) is 0 Å². The summed E-state index contributed by atoms with van der Waals surface area (Å²) in [7, 11) is -8.18. The molecule has 2 rings (SSSR count). The number of hydrogen-bond donors (Lipinski definition) is 2. The van der Waals surface area contributed by atoms with Gasteiger partial charge in [0, 0.05) is 13.1 Å². The Morgan fingerprint density at radius 3 is 2.10 bits per heavy atom. The van der Waals surface area contributed by atoms with Gasteiger partial charge in [-0.1, -0.05) is 35.4 Å². The van der Waals surface area contributed by atoms with Crippen LogP contribution in [0.1, 0.15) is 30.0 Å². The zero-order chi connectivity index (χ0) is 21.8. The summed E-state index contributed by atoms with van der Waals surface area (Å²) in [6.07, 6.45) is -0.275. The Kier molecular flexibility index (Phi) is 7.58. The Morgan fingerprint density at radius 1 is 0.966 bits per heavy atom. The first-order valence-electron chi connectivity index (χ1n) is 9.23. The Bertz CT molecular complexity index is 1040. The minimum absolute atomic E-state index is 0.0742. The molecule has 0 heterocycles. The van der Waals surface area contributed by atoms with Gasteiger partial charge in [0.15, 0.2) is 0 Å². The fraction of sp³-hybridized carbons (Fsp3) is 0.400. The molecule has 0 aromatic heterocycles. The van der Waals surface area contributed by atoms with Crippen LogP contribution in [0.15, 0.2) is 52.3 Å². The SMILES string of the molecule is Cc1ccc(S(=O)(=O)N(CCCc2cc(C)ccc2S(=O)(=O)O)C[C@@H](C)O)cc1. The fourth-order valence-corrected chi connectivity index (χ4v) is 5.36. The molecule has 2 aromatic carbocycles. The molecule has 0 saturated heterocycles. The Balaban J connectivity index is 2.23. The molecule has 0 aliphatic carbocycles. The summed E-state index contributed by atoms with van der Waals surface area (Å²) in [5, 5.41) is 9.76. The van der Waals surface area contributed by atoms with Crippen molar-refractivity contribution in [3.8, 4) is 0 Å². The minimum Gasteiger partial charge on any atom is -0.392 e. The van der Waals surface area contributed by atoms with Gasteiger partial charge in [-0.2, -0.15) is 12.7 Å². The van der Waals surface area contributed by atoms with Crippen molar-refractivity contribution in [3.05, 3.63) is 59.2 Å². The number of aliphatic hydroxyl groups is 1. The van der Waals surface area contributed by atoms with Gasteiger partial charge in [-0.3, -0.25) is 4.55 Å². The van der Waals surface area contributed by atoms with Gasteiger partial charge < -0.3 is 5.11 Å². The molecule has 0 unspecified atom stereocenters. The first-order valence-corrected chi connectivity index (χ1v) is 12.1. The van der Waals surface area contributed by atoms with Crippen LogP contribution < -0.4 is 0 Å². The lowest BCUT2D eigenvalue weighted by Crippen LogP contribution is -2.37. The molecule has 0 amide bonds. The average Bonchev–Trinajstić information content (AvgIpc) is 2.60. The molecule has 0 saturated carbocycles. The van der Waals surface area contributed by atoms with E-state index in [9.17, 15) is 26.5 Å². The number of rotatable bonds is 9. The number of aliphatic hydroxyl groups excluding tert-OH is 1. The maximum Gasteiger partial charge on any atom is 0.294 e. The van der Waals surface area contributed by atoms with Crippen LogP contribution in [0.25, 0.3) is 0 Å². The average molecular weight is 442 g/mol. The summed E-state index contributed by atoms with van der Waals surface area (Å²) < 4.78 is 59.8. The fourth-order valence-electron chi connectivity index (χ4n) is 3.06. The van der Waals surface area contributed by atoms with Gasteiger partial charge in [0.05, 0.1) is 15.9 Å². The highest BCUT2D eigenvalue weighted by Crippen LogP contribution is 2.21. The number of aryl methyl sites for hydroxylation is 3. The van der Waals surface area contributed by atoms with Crippen molar-refractivity contribution in [2.24, 2.45) is 0 Å². The van der Waals surface area contributed by atoms with Crippen LogP contribution in [0.4, 0.5) is 0 Å². The first-order chi connectivity index (χ1) is 13.4. The monoisotopic (exact) mass is 441 g/mol. The number of hydrogen-bond acceptors (Lipinski definition) is 5. The molecule has 0 aliphatic rings. The van der Waals surface area contributed by atoms with Gasteiger partial charge in [-0.15, -0.1) is 0 Å². The van der Waals surface area contributed by atoms with E-state index in [1.165, 1.54) is 29.4 Å². The first kappa shape index (κ1) is 23.5. The summed E-state index contributed by atoms with van der Waals surface area (Å²) in [4.78, 5) is -0.0375. The second-order valence-corrected chi connectivity index (χ2v) is 10.5. The molecule has 0 spiro atoms. The van der Waals surface area contributed by atoms with Gasteiger partial charge in [0.2, 0.25) is 10.0 Å². The quantitative estimate of drug-likeness (QED) is 0.579. The highest BCUT2D eigenvalue weighted by molar-refractivity contribution is 7.89. The smallest absolute Gasteiger partial charge is 0.294 e. The molecular weight excluding hydrogens is 414 g/mol. The van der Waals surface area contributed by atoms with Crippen LogP contribution in [0.2, 0.25) is 0 Å². The molecule has 0 fully saturated rings. The van der Waals surface area contributed by atoms with Crippen molar-refractivity contribution >= 4 is 20.1 Å². The summed E-state index contributed by atoms with van der Waals surface area (Å²) in [5.41, 5.74) is 2.20. The molecule has 9 heteroatoms. The second-order valence-electron chi connectivity index (χ2n) is 7.21. The molecular formula is C20H27NO6S2. The predicted molar refractivity (Wildman–Crippen MR) is 111 cm³/mol. The van der Waals surface area contributed by atoms with Crippen LogP contribution in [0.3, 0.4) is 0 Å². The van der Waals surface area contributed by atoms with Crippen molar-refractivity contribution in [1.82, 2.24) is 4.31 Å². The molecule has 7 nitrogen and oxygen atoms in total. The molecule has 29 heavy (non-hydrogen) atoms. The van der Waals surface area contributed by atoms with Crippen molar-refractivity contribution in [2.75, 3.05) is 13.1 Å². The van der Waals surface area contributed by atoms with Gasteiger partial charge in [0.25, 0.3) is 10.1 Å². The zero-order valence-electron chi connectivity index (χ0n) is 16.7. The molecule has 2 N–H and O–H groups in total. The van der Waals surface area contributed by atoms with E-state index < -0.39 is 26.2 Å². The van der Waals surface area contributed by atoms with E-state index in [0.29, 0.717) is 12.0 Å². The largest absolute Gasteiger partial charge is 0.392 e. The third kappa shape index (κ3) is 6.35. The maximum absolute atomic E-state index is 13.0. The molecule has 160 valence electrons. The van der Waals surface area contributed by atoms with Crippen molar-refractivity contribution < 1.29 is 26.5 Å². The Labute approximate surface area is 172 Å². The van der Waals surface area contributed by atoms with Crippen molar-refractivity contribution in [2.45, 2.75) is 49.5 Å². The molecule has 2 aromatic rings. The molecule has 1 atom stereocenters. The van der Waals surface area contributed by atoms with E-state index in [1.54, 1.807) is 31.2 Å². The van der Waals surface area contributed by atoms with E-state index >= 15 is 0 Å². The van der Waals surface area contributed by atoms with Crippen LogP contribution in [-0.4, -0.2) is 50.0 Å². The van der Waals surface area contributed by atoms with Crippen LogP contribution in [-0.2, 0) is 26.6 Å². The predicted octanol–water partition coefficient (Wildman–Crippen LogP) is 2.55. The normalized spacial score (nSPS) is 13.6. The van der Waals surface area contributed by atoms with Crippen LogP contribution in [0, 0.1) is 13.8 Å². The Morgan fingerprint density at radius 2 is 1.55 bits per heavy atom. The minimum atomic E-state index is -4.37. The van der Waals surface area contributed by atoms with Gasteiger partial charge in [-0.25, -0.2) is 8.42 Å². The second kappa shape index (κ2) is 9.36. The maximum atomic E-state index is 13.0. The molecule has 0 aliphatic heterocycles. The number of nitrogens with zero attached hydrogens (tertiary/aromatic N) is 1. The van der Waals surface area contributed by atoms with E-state index in [0.717, 1.165) is 11.1 Å². The van der Waals surface area contributed by atoms with E-state index in [1.807, 2.05) is 6.92 Å². The molecule has 0 radical (unpaired) electrons. The summed E-state index contributed by atoms with van der Waals surface area (Å²) >= 11 is 0. The van der Waals surface area contributed by atoms with E-state index in [2.05, 4.69) is 0 Å². The topological polar surface area (TPSA) is 112 Å². The van der Waals surface area contributed by atoms with E-state index in [4.69, 9.17) is 0 Å². The van der Waals surface area contributed by atoms with E-state index in [-0.39, 0.29) is 29.3 Å². The number of benzene rings is 2. The standard InChI is InChI=1S/C20H27NO6S2/c1-15-6-9-19(10-7-15)28(23,24)21(14-17(3)22)12-4-5-18-13-16(2)8-11-20(18)29(25,26)27/h6-11,13,17,22H,4-5,12,14H2,1-3H3,(H,25,26,27)/t17-/m1/s1. The summed E-state index contributed by atoms with van der Waals surface area (Å²) in [6.45, 7) is 5.20. The highest BCUT2D eigenvalue weighted by Gasteiger charge is 2.25. The highest BCUT2D eigenvalue weighted by atomic mass is 32.2. The Hall–Kier alpha value is -1.78. The third-order valence-corrected chi connectivity index (χ3v) is 7.31. The lowest BCUT2D eigenvalue weighted by atomic mass is 10.1. The van der Waals surface area contributed by atoms with Gasteiger partial charge in [-0.05, 0) is 57.4 Å². The van der Waals surface area contributed by atoms with Crippen molar-refractivity contribution in [1.29, 1.82) is 0 Å². The molecule has 0 bridgehead atoms. The lowest BCUT2D eigenvalue weighted by Gasteiger charge is -2.24. The van der Waals surface area contributed by atoms with Crippen LogP contribution >= 0.6 is 0 Å².